The van der Waals surface area contributed by atoms with Gasteiger partial charge in [-0.15, -0.1) is 11.8 Å². The predicted molar refractivity (Wildman–Crippen MR) is 124 cm³/mol. The first kappa shape index (κ1) is 26.6. The number of amides is 3. The first-order valence-corrected chi connectivity index (χ1v) is 11.7. The molecule has 3 atom stereocenters. The topological polar surface area (TPSA) is 113 Å². The first-order chi connectivity index (χ1) is 16.4. The summed E-state index contributed by atoms with van der Waals surface area (Å²) >= 11 is 0.951. The second-order valence-corrected chi connectivity index (χ2v) is 9.59. The van der Waals surface area contributed by atoms with E-state index >= 15 is 0 Å². The number of aliphatic hydroxyl groups excluding tert-OH is 1. The Balaban J connectivity index is 1.76. The van der Waals surface area contributed by atoms with Crippen molar-refractivity contribution >= 4 is 29.5 Å². The fourth-order valence-electron chi connectivity index (χ4n) is 3.81. The number of primary amides is 1. The Hall–Kier alpha value is -3.05. The number of rotatable bonds is 8. The van der Waals surface area contributed by atoms with Crippen molar-refractivity contribution in [1.29, 1.82) is 0 Å². The summed E-state index contributed by atoms with van der Waals surface area (Å²) in [6.07, 6.45) is -4.52. The number of carbonyl (C=O) groups is 3. The number of nitrogens with zero attached hydrogens (tertiary/aromatic N) is 1. The van der Waals surface area contributed by atoms with Crippen molar-refractivity contribution in [1.82, 2.24) is 10.2 Å². The van der Waals surface area contributed by atoms with Gasteiger partial charge in [-0.3, -0.25) is 14.4 Å². The van der Waals surface area contributed by atoms with Crippen LogP contribution in [-0.4, -0.2) is 50.5 Å². The highest BCUT2D eigenvalue weighted by Gasteiger charge is 2.55. The van der Waals surface area contributed by atoms with Crippen LogP contribution in [0.3, 0.4) is 0 Å². The van der Waals surface area contributed by atoms with Crippen LogP contribution in [0.1, 0.15) is 23.6 Å². The number of aliphatic hydroxyl groups is 1. The molecule has 4 N–H and O–H groups in total. The molecule has 1 radical (unpaired) electrons. The smallest absolute Gasteiger partial charge is 0.383 e. The van der Waals surface area contributed by atoms with Crippen LogP contribution >= 0.6 is 11.8 Å². The number of hydrogen-bond donors (Lipinski definition) is 3. The second-order valence-electron chi connectivity index (χ2n) is 8.20. The lowest BCUT2D eigenvalue weighted by atomic mass is 9.96. The fraction of sp³-hybridized carbons (Fsp3) is 0.333. The van der Waals surface area contributed by atoms with Crippen molar-refractivity contribution in [2.24, 2.45) is 5.73 Å². The summed E-state index contributed by atoms with van der Waals surface area (Å²) in [5, 5.41) is 12.9. The van der Waals surface area contributed by atoms with E-state index in [1.165, 1.54) is 31.5 Å². The van der Waals surface area contributed by atoms with Gasteiger partial charge in [0.25, 0.3) is 5.91 Å². The Bertz CT molecular complexity index is 1080. The molecule has 3 rings (SSSR count). The number of alkyl halides is 3. The van der Waals surface area contributed by atoms with Gasteiger partial charge in [-0.1, -0.05) is 48.5 Å². The van der Waals surface area contributed by atoms with E-state index in [2.05, 4.69) is 5.32 Å². The average Bonchev–Trinajstić information content (AvgIpc) is 3.19. The maximum absolute atomic E-state index is 13.3. The average molecular weight is 509 g/mol. The van der Waals surface area contributed by atoms with E-state index in [0.29, 0.717) is 0 Å². The highest BCUT2D eigenvalue weighted by molar-refractivity contribution is 8.01. The van der Waals surface area contributed by atoms with Crippen molar-refractivity contribution in [3.05, 3.63) is 77.7 Å². The first-order valence-electron chi connectivity index (χ1n) is 10.7. The van der Waals surface area contributed by atoms with Crippen LogP contribution in [0, 0.1) is 6.42 Å². The fourth-order valence-corrected chi connectivity index (χ4v) is 5.02. The molecule has 3 unspecified atom stereocenters. The molecule has 0 aromatic heterocycles. The summed E-state index contributed by atoms with van der Waals surface area (Å²) in [4.78, 5) is 39.4. The van der Waals surface area contributed by atoms with Crippen molar-refractivity contribution < 1.29 is 32.7 Å². The van der Waals surface area contributed by atoms with E-state index in [1.54, 1.807) is 0 Å². The van der Waals surface area contributed by atoms with Gasteiger partial charge in [-0.05, 0) is 30.5 Å². The number of thioether (sulfide) groups is 1. The SMILES string of the molecule is CC1(C(N)=O)SCN(C(=O)C(O)[CH]Cc2ccccc2)C1C(=O)NCc1ccccc1C(F)(F)F. The van der Waals surface area contributed by atoms with Crippen molar-refractivity contribution in [2.45, 2.75) is 43.0 Å². The molecule has 0 aliphatic carbocycles. The van der Waals surface area contributed by atoms with Gasteiger partial charge in [0.05, 0.1) is 11.4 Å². The molecular weight excluding hydrogens is 483 g/mol. The van der Waals surface area contributed by atoms with Crippen LogP contribution in [0.25, 0.3) is 0 Å². The normalized spacial score (nSPS) is 20.9. The molecule has 0 saturated carbocycles. The van der Waals surface area contributed by atoms with Gasteiger partial charge in [0, 0.05) is 13.0 Å². The Morgan fingerprint density at radius 1 is 1.20 bits per heavy atom. The van der Waals surface area contributed by atoms with Gasteiger partial charge in [0.1, 0.15) is 16.9 Å². The van der Waals surface area contributed by atoms with Crippen LogP contribution < -0.4 is 11.1 Å². The largest absolute Gasteiger partial charge is 0.416 e. The molecule has 1 aliphatic rings. The maximum Gasteiger partial charge on any atom is 0.416 e. The minimum atomic E-state index is -4.62. The summed E-state index contributed by atoms with van der Waals surface area (Å²) < 4.78 is 38.3. The highest BCUT2D eigenvalue weighted by atomic mass is 32.2. The molecule has 1 heterocycles. The molecular formula is C24H25F3N3O4S. The molecule has 35 heavy (non-hydrogen) atoms. The molecule has 1 saturated heterocycles. The third-order valence-corrected chi connectivity index (χ3v) is 7.24. The van der Waals surface area contributed by atoms with Crippen LogP contribution in [0.2, 0.25) is 0 Å². The van der Waals surface area contributed by atoms with Crippen LogP contribution in [0.4, 0.5) is 13.2 Å². The van der Waals surface area contributed by atoms with Crippen LogP contribution in [0.15, 0.2) is 54.6 Å². The molecule has 1 aliphatic heterocycles. The molecule has 0 spiro atoms. The minimum absolute atomic E-state index is 0.105. The van der Waals surface area contributed by atoms with Gasteiger partial charge >= 0.3 is 6.18 Å². The molecule has 0 bridgehead atoms. The van der Waals surface area contributed by atoms with Gasteiger partial charge in [0.15, 0.2) is 0 Å². The summed E-state index contributed by atoms with van der Waals surface area (Å²) in [5.74, 6) is -2.63. The van der Waals surface area contributed by atoms with E-state index in [4.69, 9.17) is 5.73 Å². The number of carbonyl (C=O) groups excluding carboxylic acids is 3. The molecule has 2 aromatic rings. The summed E-state index contributed by atoms with van der Waals surface area (Å²) in [6.45, 7) is 0.913. The van der Waals surface area contributed by atoms with Crippen molar-refractivity contribution in [3.8, 4) is 0 Å². The number of hydrogen-bond acceptors (Lipinski definition) is 5. The molecule has 1 fully saturated rings. The third kappa shape index (κ3) is 5.96. The van der Waals surface area contributed by atoms with Gasteiger partial charge < -0.3 is 21.1 Å². The zero-order chi connectivity index (χ0) is 25.8. The van der Waals surface area contributed by atoms with E-state index in [1.807, 2.05) is 30.3 Å². The lowest BCUT2D eigenvalue weighted by molar-refractivity contribution is -0.146. The van der Waals surface area contributed by atoms with E-state index in [-0.39, 0.29) is 17.9 Å². The Morgan fingerprint density at radius 3 is 2.46 bits per heavy atom. The van der Waals surface area contributed by atoms with Crippen LogP contribution in [-0.2, 0) is 33.5 Å². The molecule has 7 nitrogen and oxygen atoms in total. The van der Waals surface area contributed by atoms with Gasteiger partial charge in [0.2, 0.25) is 11.8 Å². The monoisotopic (exact) mass is 508 g/mol. The van der Waals surface area contributed by atoms with Gasteiger partial charge in [-0.2, -0.15) is 13.2 Å². The van der Waals surface area contributed by atoms with E-state index in [0.717, 1.165) is 28.3 Å². The third-order valence-electron chi connectivity index (χ3n) is 5.81. The molecule has 187 valence electrons. The Morgan fingerprint density at radius 2 is 1.83 bits per heavy atom. The van der Waals surface area contributed by atoms with E-state index in [9.17, 15) is 32.7 Å². The predicted octanol–water partition coefficient (Wildman–Crippen LogP) is 2.27. The van der Waals surface area contributed by atoms with Gasteiger partial charge in [-0.25, -0.2) is 0 Å². The summed E-state index contributed by atoms with van der Waals surface area (Å²) in [6, 6.07) is 12.4. The lowest BCUT2D eigenvalue weighted by Gasteiger charge is -2.31. The molecule has 11 heteroatoms. The summed E-state index contributed by atoms with van der Waals surface area (Å²) in [7, 11) is 0. The second kappa shape index (κ2) is 10.7. The van der Waals surface area contributed by atoms with Crippen molar-refractivity contribution in [2.75, 3.05) is 5.88 Å². The Labute approximate surface area is 204 Å². The number of nitrogens with one attached hydrogen (secondary N) is 1. The molecule has 2 aromatic carbocycles. The number of benzene rings is 2. The zero-order valence-corrected chi connectivity index (χ0v) is 19.6. The summed E-state index contributed by atoms with van der Waals surface area (Å²) in [5.41, 5.74) is 5.30. The molecule has 3 amide bonds. The van der Waals surface area contributed by atoms with Crippen LogP contribution in [0.5, 0.6) is 0 Å². The maximum atomic E-state index is 13.3. The quantitative estimate of drug-likeness (QED) is 0.507. The van der Waals surface area contributed by atoms with E-state index < -0.39 is 52.9 Å². The zero-order valence-electron chi connectivity index (χ0n) is 18.8. The number of nitrogens with two attached hydrogens (primary N) is 1. The standard InChI is InChI=1S/C24H25F3N3O4S/c1-23(22(28)34)19(20(32)29-13-16-9-5-6-10-17(16)24(25,26)27)30(14-35-23)21(33)18(31)12-11-15-7-3-2-4-8-15/h2-10,12,18-19,31H,11,13-14H2,1H3,(H2,28,34)(H,29,32). The highest BCUT2D eigenvalue weighted by Crippen LogP contribution is 2.40. The lowest BCUT2D eigenvalue weighted by Crippen LogP contribution is -2.59. The Kier molecular flexibility index (Phi) is 8.11. The number of halogens is 3. The van der Waals surface area contributed by atoms with Crippen molar-refractivity contribution in [3.63, 3.8) is 0 Å². The minimum Gasteiger partial charge on any atom is -0.383 e.